The topological polar surface area (TPSA) is 78.9 Å². The molecule has 0 N–H and O–H groups in total. The van der Waals surface area contributed by atoms with Gasteiger partial charge < -0.3 is 14.2 Å². The third-order valence-electron chi connectivity index (χ3n) is 12.0. The Labute approximate surface area is 460 Å². The van der Waals surface area contributed by atoms with Crippen molar-refractivity contribution in [2.45, 2.75) is 245 Å². The third kappa shape index (κ3) is 59.8. The van der Waals surface area contributed by atoms with Crippen molar-refractivity contribution in [3.8, 4) is 0 Å². The molecule has 0 aliphatic rings. The van der Waals surface area contributed by atoms with E-state index in [1.165, 1.54) is 25.7 Å². The average molecular weight is 1030 g/mol. The molecule has 75 heavy (non-hydrogen) atoms. The van der Waals surface area contributed by atoms with Gasteiger partial charge in [-0.1, -0.05) is 230 Å². The number of carbonyl (C=O) groups excluding carboxylic acids is 3. The Bertz CT molecular complexity index is 1710. The summed E-state index contributed by atoms with van der Waals surface area (Å²) in [6, 6.07) is 0. The lowest BCUT2D eigenvalue weighted by atomic mass is 10.1. The van der Waals surface area contributed by atoms with E-state index in [1.807, 2.05) is 0 Å². The zero-order valence-corrected chi connectivity index (χ0v) is 48.0. The molecule has 0 aromatic carbocycles. The van der Waals surface area contributed by atoms with Crippen molar-refractivity contribution >= 4 is 17.9 Å². The second-order valence-corrected chi connectivity index (χ2v) is 19.1. The molecule has 6 heteroatoms. The molecular weight excluding hydrogens is 925 g/mol. The quantitative estimate of drug-likeness (QED) is 0.0261. The van der Waals surface area contributed by atoms with Gasteiger partial charge in [-0.3, -0.25) is 14.4 Å². The molecule has 0 aromatic heterocycles. The van der Waals surface area contributed by atoms with Crippen molar-refractivity contribution in [2.75, 3.05) is 13.2 Å². The van der Waals surface area contributed by atoms with Crippen molar-refractivity contribution in [3.05, 3.63) is 158 Å². The van der Waals surface area contributed by atoms with Gasteiger partial charge in [0.2, 0.25) is 0 Å². The van der Waals surface area contributed by atoms with Crippen LogP contribution in [0.15, 0.2) is 158 Å². The molecule has 0 rings (SSSR count). The van der Waals surface area contributed by atoms with E-state index in [2.05, 4.69) is 179 Å². The first kappa shape index (κ1) is 70.0. The Morgan fingerprint density at radius 3 is 0.840 bits per heavy atom. The molecular formula is C69H108O6. The summed E-state index contributed by atoms with van der Waals surface area (Å²) >= 11 is 0. The standard InChI is InChI=1S/C69H108O6/c1-4-7-10-13-16-19-22-25-28-29-30-31-32-33-34-35-36-37-38-39-42-44-47-50-53-56-59-62-68(71)74-65-66(75-69(72)63-60-57-54-51-48-45-41-27-24-21-18-15-12-9-6-3)64-73-67(70)61-58-55-52-49-46-43-40-26-23-20-17-14-11-8-5-2/h7,9-10,12,16-21,25-28,30-31,33-34,36-37,39-42,47,50,66H,4-6,8,11,13-15,22-24,29,32,35,38,43-46,48-49,51-65H2,1-3H3/b10-7-,12-9-,19-16-,20-17-,21-18-,28-25-,31-30-,34-33-,37-36-,40-26-,41-27-,42-39-,50-47-. The summed E-state index contributed by atoms with van der Waals surface area (Å²) in [6.45, 7) is 6.31. The minimum Gasteiger partial charge on any atom is -0.462 e. The number of esters is 3. The SMILES string of the molecule is CC/C=C\C/C=C\C/C=C\C/C=C\C/C=C\C/C=C\C/C=C\C/C=C\CCCCC(=O)OCC(COC(=O)CCCCCCC/C=C\C/C=C\CCCCC)OC(=O)CCCCCCC/C=C\C/C=C\C/C=C\CC. The van der Waals surface area contributed by atoms with Gasteiger partial charge in [0.15, 0.2) is 6.10 Å². The number of ether oxygens (including phenoxy) is 3. The summed E-state index contributed by atoms with van der Waals surface area (Å²) in [6.07, 6.45) is 89.5. The predicted octanol–water partition coefficient (Wildman–Crippen LogP) is 20.5. The van der Waals surface area contributed by atoms with Crippen LogP contribution in [0.4, 0.5) is 0 Å². The molecule has 0 aromatic rings. The number of hydrogen-bond donors (Lipinski definition) is 0. The minimum atomic E-state index is -0.820. The highest BCUT2D eigenvalue weighted by molar-refractivity contribution is 5.71. The monoisotopic (exact) mass is 1030 g/mol. The van der Waals surface area contributed by atoms with Gasteiger partial charge in [0.05, 0.1) is 0 Å². The van der Waals surface area contributed by atoms with Gasteiger partial charge in [-0.25, -0.2) is 0 Å². The predicted molar refractivity (Wildman–Crippen MR) is 325 cm³/mol. The lowest BCUT2D eigenvalue weighted by molar-refractivity contribution is -0.167. The third-order valence-corrected chi connectivity index (χ3v) is 12.0. The first-order valence-corrected chi connectivity index (χ1v) is 30.0. The first-order chi connectivity index (χ1) is 37.0. The summed E-state index contributed by atoms with van der Waals surface area (Å²) < 4.78 is 16.8. The second-order valence-electron chi connectivity index (χ2n) is 19.1. The van der Waals surface area contributed by atoms with Crippen LogP contribution in [-0.2, 0) is 28.6 Å². The van der Waals surface area contributed by atoms with Gasteiger partial charge in [0.25, 0.3) is 0 Å². The molecule has 0 saturated heterocycles. The molecule has 0 saturated carbocycles. The van der Waals surface area contributed by atoms with Gasteiger partial charge in [0.1, 0.15) is 13.2 Å². The van der Waals surface area contributed by atoms with Crippen molar-refractivity contribution in [3.63, 3.8) is 0 Å². The largest absolute Gasteiger partial charge is 0.462 e. The summed E-state index contributed by atoms with van der Waals surface area (Å²) in [5, 5.41) is 0. The van der Waals surface area contributed by atoms with E-state index in [0.717, 1.165) is 167 Å². The average Bonchev–Trinajstić information content (AvgIpc) is 3.41. The van der Waals surface area contributed by atoms with Crippen LogP contribution in [0, 0.1) is 0 Å². The van der Waals surface area contributed by atoms with E-state index in [-0.39, 0.29) is 44.0 Å². The summed E-state index contributed by atoms with van der Waals surface area (Å²) in [4.78, 5) is 38.2. The number of hydrogen-bond acceptors (Lipinski definition) is 6. The summed E-state index contributed by atoms with van der Waals surface area (Å²) in [7, 11) is 0. The molecule has 0 spiro atoms. The van der Waals surface area contributed by atoms with Crippen LogP contribution in [0.2, 0.25) is 0 Å². The van der Waals surface area contributed by atoms with E-state index in [4.69, 9.17) is 14.2 Å². The normalized spacial score (nSPS) is 13.3. The van der Waals surface area contributed by atoms with Crippen LogP contribution in [-0.4, -0.2) is 37.2 Å². The van der Waals surface area contributed by atoms with Gasteiger partial charge >= 0.3 is 17.9 Å². The van der Waals surface area contributed by atoms with Gasteiger partial charge in [0, 0.05) is 19.3 Å². The highest BCUT2D eigenvalue weighted by atomic mass is 16.6. The Morgan fingerprint density at radius 2 is 0.520 bits per heavy atom. The van der Waals surface area contributed by atoms with Crippen LogP contribution >= 0.6 is 0 Å². The molecule has 0 fully saturated rings. The molecule has 1 unspecified atom stereocenters. The van der Waals surface area contributed by atoms with E-state index in [0.29, 0.717) is 12.8 Å². The van der Waals surface area contributed by atoms with Gasteiger partial charge in [-0.05, 0) is 148 Å². The van der Waals surface area contributed by atoms with Crippen LogP contribution in [0.3, 0.4) is 0 Å². The van der Waals surface area contributed by atoms with Crippen LogP contribution in [0.1, 0.15) is 239 Å². The lowest BCUT2D eigenvalue weighted by Gasteiger charge is -2.18. The molecule has 1 atom stereocenters. The maximum Gasteiger partial charge on any atom is 0.306 e. The Balaban J connectivity index is 4.49. The number of rotatable bonds is 52. The van der Waals surface area contributed by atoms with Crippen molar-refractivity contribution in [2.24, 2.45) is 0 Å². The maximum atomic E-state index is 12.9. The molecule has 6 nitrogen and oxygen atoms in total. The molecule has 0 amide bonds. The molecule has 420 valence electrons. The fourth-order valence-electron chi connectivity index (χ4n) is 7.56. The van der Waals surface area contributed by atoms with Gasteiger partial charge in [-0.15, -0.1) is 0 Å². The van der Waals surface area contributed by atoms with Crippen LogP contribution < -0.4 is 0 Å². The Hall–Kier alpha value is -4.97. The highest BCUT2D eigenvalue weighted by Gasteiger charge is 2.19. The molecule has 0 radical (unpaired) electrons. The van der Waals surface area contributed by atoms with Crippen LogP contribution in [0.25, 0.3) is 0 Å². The Kier molecular flexibility index (Phi) is 57.5. The smallest absolute Gasteiger partial charge is 0.306 e. The minimum absolute atomic E-state index is 0.113. The first-order valence-electron chi connectivity index (χ1n) is 30.0. The fourth-order valence-corrected chi connectivity index (χ4v) is 7.56. The maximum absolute atomic E-state index is 12.9. The van der Waals surface area contributed by atoms with Gasteiger partial charge in [-0.2, -0.15) is 0 Å². The summed E-state index contributed by atoms with van der Waals surface area (Å²) in [5.74, 6) is -0.995. The number of unbranched alkanes of at least 4 members (excludes halogenated alkanes) is 15. The summed E-state index contributed by atoms with van der Waals surface area (Å²) in [5.41, 5.74) is 0. The number of carbonyl (C=O) groups is 3. The molecule has 0 bridgehead atoms. The molecule has 0 aliphatic carbocycles. The fraction of sp³-hybridized carbons (Fsp3) is 0.580. The Morgan fingerprint density at radius 1 is 0.280 bits per heavy atom. The number of allylic oxidation sites excluding steroid dienone is 26. The molecule has 0 heterocycles. The zero-order valence-electron chi connectivity index (χ0n) is 48.0. The van der Waals surface area contributed by atoms with E-state index in [9.17, 15) is 14.4 Å². The second kappa shape index (κ2) is 61.6. The molecule has 0 aliphatic heterocycles. The zero-order chi connectivity index (χ0) is 54.3. The highest BCUT2D eigenvalue weighted by Crippen LogP contribution is 2.13. The van der Waals surface area contributed by atoms with Crippen molar-refractivity contribution < 1.29 is 28.6 Å². The lowest BCUT2D eigenvalue weighted by Crippen LogP contribution is -2.30. The van der Waals surface area contributed by atoms with Crippen molar-refractivity contribution in [1.82, 2.24) is 0 Å². The van der Waals surface area contributed by atoms with E-state index in [1.54, 1.807) is 0 Å². The van der Waals surface area contributed by atoms with Crippen LogP contribution in [0.5, 0.6) is 0 Å². The van der Waals surface area contributed by atoms with E-state index < -0.39 is 6.10 Å². The van der Waals surface area contributed by atoms with E-state index >= 15 is 0 Å². The van der Waals surface area contributed by atoms with Crippen molar-refractivity contribution in [1.29, 1.82) is 0 Å².